The lowest BCUT2D eigenvalue weighted by atomic mass is 10.1. The van der Waals surface area contributed by atoms with E-state index in [2.05, 4.69) is 5.32 Å². The van der Waals surface area contributed by atoms with Gasteiger partial charge in [-0.1, -0.05) is 12.1 Å². The largest absolute Gasteiger partial charge is 0.450 e. The van der Waals surface area contributed by atoms with Gasteiger partial charge < -0.3 is 15.0 Å². The van der Waals surface area contributed by atoms with Crippen LogP contribution in [0.4, 0.5) is 9.18 Å². The van der Waals surface area contributed by atoms with Gasteiger partial charge in [-0.2, -0.15) is 0 Å². The lowest BCUT2D eigenvalue weighted by Crippen LogP contribution is -2.38. The van der Waals surface area contributed by atoms with Crippen LogP contribution in [-0.2, 0) is 16.0 Å². The first-order valence-electron chi connectivity index (χ1n) is 6.93. The summed E-state index contributed by atoms with van der Waals surface area (Å²) in [5, 5.41) is 2.57. The van der Waals surface area contributed by atoms with Crippen molar-refractivity contribution < 1.29 is 18.7 Å². The Bertz CT molecular complexity index is 462. The van der Waals surface area contributed by atoms with Gasteiger partial charge in [0.25, 0.3) is 0 Å². The molecule has 0 saturated carbocycles. The highest BCUT2D eigenvalue weighted by atomic mass is 19.1. The minimum absolute atomic E-state index is 0.0669. The van der Waals surface area contributed by atoms with Crippen LogP contribution in [0.5, 0.6) is 0 Å². The highest BCUT2D eigenvalue weighted by molar-refractivity contribution is 5.73. The van der Waals surface area contributed by atoms with Gasteiger partial charge in [-0.05, 0) is 31.0 Å². The molecule has 0 bridgehead atoms. The lowest BCUT2D eigenvalue weighted by Gasteiger charge is -2.21. The van der Waals surface area contributed by atoms with Crippen LogP contribution < -0.4 is 5.32 Å². The molecule has 21 heavy (non-hydrogen) atoms. The number of halogens is 1. The van der Waals surface area contributed by atoms with Gasteiger partial charge in [0, 0.05) is 26.6 Å². The average molecular weight is 296 g/mol. The summed E-state index contributed by atoms with van der Waals surface area (Å²) >= 11 is 0. The quantitative estimate of drug-likeness (QED) is 0.837. The van der Waals surface area contributed by atoms with Gasteiger partial charge in [-0.15, -0.1) is 0 Å². The monoisotopic (exact) mass is 296 g/mol. The van der Waals surface area contributed by atoms with Crippen molar-refractivity contribution >= 4 is 12.0 Å². The minimum Gasteiger partial charge on any atom is -0.450 e. The molecule has 1 aromatic carbocycles. The number of amides is 2. The molecule has 0 spiro atoms. The first kappa shape index (κ1) is 16.9. The average Bonchev–Trinajstić information content (AvgIpc) is 2.44. The van der Waals surface area contributed by atoms with Crippen LogP contribution in [-0.4, -0.2) is 43.1 Å². The third kappa shape index (κ3) is 6.74. The van der Waals surface area contributed by atoms with E-state index in [4.69, 9.17) is 4.74 Å². The van der Waals surface area contributed by atoms with E-state index in [9.17, 15) is 14.0 Å². The fraction of sp³-hybridized carbons (Fsp3) is 0.467. The normalized spacial score (nSPS) is 10.0. The predicted molar refractivity (Wildman–Crippen MR) is 77.4 cm³/mol. The van der Waals surface area contributed by atoms with Crippen molar-refractivity contribution in [1.29, 1.82) is 0 Å². The Hall–Kier alpha value is -2.11. The summed E-state index contributed by atoms with van der Waals surface area (Å²) in [6, 6.07) is 6.19. The van der Waals surface area contributed by atoms with Crippen LogP contribution in [0.2, 0.25) is 0 Å². The van der Waals surface area contributed by atoms with Crippen molar-refractivity contribution in [3.63, 3.8) is 0 Å². The molecule has 0 aliphatic rings. The summed E-state index contributed by atoms with van der Waals surface area (Å²) in [4.78, 5) is 24.3. The van der Waals surface area contributed by atoms with E-state index in [1.54, 1.807) is 24.0 Å². The summed E-state index contributed by atoms with van der Waals surface area (Å²) < 4.78 is 17.5. The van der Waals surface area contributed by atoms with E-state index in [-0.39, 0.29) is 11.7 Å². The molecule has 0 saturated heterocycles. The second-order valence-electron chi connectivity index (χ2n) is 4.53. The predicted octanol–water partition coefficient (Wildman–Crippen LogP) is 1.96. The Labute approximate surface area is 124 Å². The summed E-state index contributed by atoms with van der Waals surface area (Å²) in [6.45, 7) is 4.79. The molecule has 0 radical (unpaired) electrons. The molecule has 0 fully saturated rings. The summed E-state index contributed by atoms with van der Waals surface area (Å²) in [7, 11) is 0. The van der Waals surface area contributed by atoms with Gasteiger partial charge in [-0.25, -0.2) is 9.18 Å². The summed E-state index contributed by atoms with van der Waals surface area (Å²) in [5.41, 5.74) is 0.959. The van der Waals surface area contributed by atoms with E-state index in [0.29, 0.717) is 32.7 Å². The van der Waals surface area contributed by atoms with Crippen LogP contribution >= 0.6 is 0 Å². The second kappa shape index (κ2) is 8.94. The SMILES string of the molecule is CCOC(=O)NCCN(CCc1ccc(F)cc1)C(C)=O. The van der Waals surface area contributed by atoms with Crippen molar-refractivity contribution in [1.82, 2.24) is 10.2 Å². The Balaban J connectivity index is 2.38. The number of carbonyl (C=O) groups excluding carboxylic acids is 2. The zero-order valence-corrected chi connectivity index (χ0v) is 12.4. The molecular weight excluding hydrogens is 275 g/mol. The number of benzene rings is 1. The standard InChI is InChI=1S/C15H21FN2O3/c1-3-21-15(20)17-9-11-18(12(2)19)10-8-13-4-6-14(16)7-5-13/h4-7H,3,8-11H2,1-2H3,(H,17,20). The molecule has 1 N–H and O–H groups in total. The molecular formula is C15H21FN2O3. The van der Waals surface area contributed by atoms with Gasteiger partial charge in [-0.3, -0.25) is 4.79 Å². The van der Waals surface area contributed by atoms with Crippen molar-refractivity contribution in [2.45, 2.75) is 20.3 Å². The van der Waals surface area contributed by atoms with Crippen molar-refractivity contribution in [2.75, 3.05) is 26.2 Å². The number of hydrogen-bond acceptors (Lipinski definition) is 3. The zero-order chi connectivity index (χ0) is 15.7. The maximum absolute atomic E-state index is 12.8. The van der Waals surface area contributed by atoms with Gasteiger partial charge in [0.2, 0.25) is 5.91 Å². The molecule has 5 nitrogen and oxygen atoms in total. The van der Waals surface area contributed by atoms with E-state index in [1.807, 2.05) is 0 Å². The van der Waals surface area contributed by atoms with Gasteiger partial charge in [0.15, 0.2) is 0 Å². The smallest absolute Gasteiger partial charge is 0.407 e. The molecule has 0 aromatic heterocycles. The molecule has 6 heteroatoms. The van der Waals surface area contributed by atoms with E-state index in [0.717, 1.165) is 5.56 Å². The molecule has 0 aliphatic carbocycles. The van der Waals surface area contributed by atoms with Gasteiger partial charge in [0.1, 0.15) is 5.82 Å². The molecule has 0 unspecified atom stereocenters. The highest BCUT2D eigenvalue weighted by Crippen LogP contribution is 2.04. The topological polar surface area (TPSA) is 58.6 Å². The van der Waals surface area contributed by atoms with Crippen molar-refractivity contribution in [3.8, 4) is 0 Å². The fourth-order valence-corrected chi connectivity index (χ4v) is 1.82. The number of carbonyl (C=O) groups is 2. The number of nitrogens with zero attached hydrogens (tertiary/aromatic N) is 1. The fourth-order valence-electron chi connectivity index (χ4n) is 1.82. The van der Waals surface area contributed by atoms with Gasteiger partial charge >= 0.3 is 6.09 Å². The van der Waals surface area contributed by atoms with E-state index < -0.39 is 6.09 Å². The first-order chi connectivity index (χ1) is 10.0. The molecule has 1 aromatic rings. The van der Waals surface area contributed by atoms with E-state index in [1.165, 1.54) is 19.1 Å². The lowest BCUT2D eigenvalue weighted by molar-refractivity contribution is -0.128. The van der Waals surface area contributed by atoms with Crippen LogP contribution in [0.15, 0.2) is 24.3 Å². The summed E-state index contributed by atoms with van der Waals surface area (Å²) in [5.74, 6) is -0.344. The third-order valence-electron chi connectivity index (χ3n) is 2.96. The molecule has 2 amide bonds. The highest BCUT2D eigenvalue weighted by Gasteiger charge is 2.09. The van der Waals surface area contributed by atoms with Crippen LogP contribution in [0.1, 0.15) is 19.4 Å². The third-order valence-corrected chi connectivity index (χ3v) is 2.96. The zero-order valence-electron chi connectivity index (χ0n) is 12.4. The van der Waals surface area contributed by atoms with Gasteiger partial charge in [0.05, 0.1) is 6.61 Å². The summed E-state index contributed by atoms with van der Waals surface area (Å²) in [6.07, 6.45) is 0.152. The molecule has 116 valence electrons. The molecule has 0 heterocycles. The molecule has 0 atom stereocenters. The van der Waals surface area contributed by atoms with Crippen LogP contribution in [0.3, 0.4) is 0 Å². The number of hydrogen-bond donors (Lipinski definition) is 1. The van der Waals surface area contributed by atoms with Crippen molar-refractivity contribution in [2.24, 2.45) is 0 Å². The van der Waals surface area contributed by atoms with E-state index >= 15 is 0 Å². The number of ether oxygens (including phenoxy) is 1. The Kier molecular flexibility index (Phi) is 7.21. The molecule has 0 aliphatic heterocycles. The Morgan fingerprint density at radius 1 is 1.24 bits per heavy atom. The first-order valence-corrected chi connectivity index (χ1v) is 6.93. The second-order valence-corrected chi connectivity index (χ2v) is 4.53. The Morgan fingerprint density at radius 2 is 1.90 bits per heavy atom. The number of rotatable bonds is 7. The number of alkyl carbamates (subject to hydrolysis) is 1. The minimum atomic E-state index is -0.487. The maximum atomic E-state index is 12.8. The van der Waals surface area contributed by atoms with Crippen LogP contribution in [0, 0.1) is 5.82 Å². The van der Waals surface area contributed by atoms with Crippen LogP contribution in [0.25, 0.3) is 0 Å². The Morgan fingerprint density at radius 3 is 2.48 bits per heavy atom. The number of nitrogens with one attached hydrogen (secondary N) is 1. The maximum Gasteiger partial charge on any atom is 0.407 e. The molecule has 1 rings (SSSR count). The van der Waals surface area contributed by atoms with Crippen molar-refractivity contribution in [3.05, 3.63) is 35.6 Å².